The van der Waals surface area contributed by atoms with Crippen LogP contribution in [-0.2, 0) is 0 Å². The molecular formula is C14H17ClN2O3. The fourth-order valence-corrected chi connectivity index (χ4v) is 2.97. The van der Waals surface area contributed by atoms with Gasteiger partial charge in [0.15, 0.2) is 0 Å². The molecule has 2 atom stereocenters. The Labute approximate surface area is 122 Å². The summed E-state index contributed by atoms with van der Waals surface area (Å²) in [6.07, 6.45) is 3.45. The first-order valence-corrected chi connectivity index (χ1v) is 7.09. The fraction of sp³-hybridized carbons (Fsp3) is 0.500. The van der Waals surface area contributed by atoms with Crippen molar-refractivity contribution in [1.82, 2.24) is 5.32 Å². The van der Waals surface area contributed by atoms with Gasteiger partial charge in [-0.3, -0.25) is 14.9 Å². The molecule has 1 aliphatic carbocycles. The summed E-state index contributed by atoms with van der Waals surface area (Å²) < 4.78 is 0. The Kier molecular flexibility index (Phi) is 4.60. The van der Waals surface area contributed by atoms with E-state index >= 15 is 0 Å². The zero-order valence-corrected chi connectivity index (χ0v) is 12.0. The van der Waals surface area contributed by atoms with E-state index in [-0.39, 0.29) is 16.3 Å². The summed E-state index contributed by atoms with van der Waals surface area (Å²) in [6, 6.07) is 4.38. The molecule has 1 fully saturated rings. The molecule has 1 saturated carbocycles. The zero-order chi connectivity index (χ0) is 14.7. The van der Waals surface area contributed by atoms with Crippen molar-refractivity contribution in [2.45, 2.75) is 26.2 Å². The fourth-order valence-electron chi connectivity index (χ4n) is 2.73. The van der Waals surface area contributed by atoms with Crippen LogP contribution in [0.25, 0.3) is 0 Å². The number of hydrogen-bond acceptors (Lipinski definition) is 3. The number of nitrogens with one attached hydrogen (secondary N) is 1. The lowest BCUT2D eigenvalue weighted by Gasteiger charge is -2.15. The van der Waals surface area contributed by atoms with E-state index in [1.807, 2.05) is 0 Å². The largest absolute Gasteiger partial charge is 0.352 e. The van der Waals surface area contributed by atoms with Crippen LogP contribution in [0.4, 0.5) is 5.69 Å². The molecule has 1 aromatic carbocycles. The number of rotatable bonds is 4. The average molecular weight is 297 g/mol. The molecule has 5 nitrogen and oxygen atoms in total. The summed E-state index contributed by atoms with van der Waals surface area (Å²) in [7, 11) is 0. The number of para-hydroxylation sites is 1. The Bertz CT molecular complexity index is 533. The van der Waals surface area contributed by atoms with Crippen LogP contribution in [0.2, 0.25) is 5.02 Å². The van der Waals surface area contributed by atoms with E-state index in [0.29, 0.717) is 18.4 Å². The van der Waals surface area contributed by atoms with Crippen LogP contribution in [0.1, 0.15) is 36.5 Å². The maximum atomic E-state index is 12.1. The number of nitro groups is 1. The van der Waals surface area contributed by atoms with Gasteiger partial charge in [0.1, 0.15) is 10.6 Å². The van der Waals surface area contributed by atoms with Crippen LogP contribution in [0, 0.1) is 22.0 Å². The van der Waals surface area contributed by atoms with Gasteiger partial charge in [-0.2, -0.15) is 0 Å². The molecule has 108 valence electrons. The number of hydrogen-bond donors (Lipinski definition) is 1. The van der Waals surface area contributed by atoms with Crippen LogP contribution in [0.15, 0.2) is 18.2 Å². The maximum absolute atomic E-state index is 12.1. The van der Waals surface area contributed by atoms with Crippen molar-refractivity contribution in [3.05, 3.63) is 38.9 Å². The molecule has 1 aliphatic rings. The van der Waals surface area contributed by atoms with Gasteiger partial charge in [0.05, 0.1) is 4.92 Å². The van der Waals surface area contributed by atoms with Crippen LogP contribution < -0.4 is 5.32 Å². The first kappa shape index (κ1) is 14.8. The minimum atomic E-state index is -0.616. The predicted molar refractivity (Wildman–Crippen MR) is 76.9 cm³/mol. The number of carbonyl (C=O) groups excluding carboxylic acids is 1. The lowest BCUT2D eigenvalue weighted by molar-refractivity contribution is -0.385. The average Bonchev–Trinajstić information content (AvgIpc) is 2.80. The van der Waals surface area contributed by atoms with Crippen molar-refractivity contribution in [2.75, 3.05) is 6.54 Å². The van der Waals surface area contributed by atoms with Crippen molar-refractivity contribution in [3.63, 3.8) is 0 Å². The van der Waals surface area contributed by atoms with Crippen LogP contribution in [-0.4, -0.2) is 17.4 Å². The Morgan fingerprint density at radius 1 is 1.50 bits per heavy atom. The van der Waals surface area contributed by atoms with Gasteiger partial charge in [-0.05, 0) is 30.4 Å². The van der Waals surface area contributed by atoms with Crippen LogP contribution in [0.3, 0.4) is 0 Å². The second kappa shape index (κ2) is 6.22. The molecule has 0 aliphatic heterocycles. The molecule has 0 spiro atoms. The highest BCUT2D eigenvalue weighted by atomic mass is 35.5. The highest BCUT2D eigenvalue weighted by Crippen LogP contribution is 2.31. The Morgan fingerprint density at radius 3 is 2.85 bits per heavy atom. The Balaban J connectivity index is 2.09. The second-order valence-electron chi connectivity index (χ2n) is 5.27. The van der Waals surface area contributed by atoms with Gasteiger partial charge >= 0.3 is 5.69 Å². The van der Waals surface area contributed by atoms with E-state index < -0.39 is 10.8 Å². The molecule has 1 N–H and O–H groups in total. The summed E-state index contributed by atoms with van der Waals surface area (Å²) in [5, 5.41) is 13.8. The van der Waals surface area contributed by atoms with Crippen molar-refractivity contribution in [3.8, 4) is 0 Å². The molecule has 0 bridgehead atoms. The lowest BCUT2D eigenvalue weighted by atomic mass is 9.98. The number of nitro benzene ring substituents is 1. The standard InChI is InChI=1S/C14H17ClN2O3/c1-9-4-2-5-10(9)8-16-14(18)11-6-3-7-12(15)13(11)17(19)20/h3,6-7,9-10H,2,4-5,8H2,1H3,(H,16,18). The van der Waals surface area contributed by atoms with E-state index in [9.17, 15) is 14.9 Å². The molecule has 0 saturated heterocycles. The number of amides is 1. The van der Waals surface area contributed by atoms with E-state index in [4.69, 9.17) is 11.6 Å². The summed E-state index contributed by atoms with van der Waals surface area (Å²) in [5.74, 6) is 0.611. The lowest BCUT2D eigenvalue weighted by Crippen LogP contribution is -2.30. The van der Waals surface area contributed by atoms with Crippen molar-refractivity contribution in [1.29, 1.82) is 0 Å². The third-order valence-electron chi connectivity index (χ3n) is 3.98. The summed E-state index contributed by atoms with van der Waals surface area (Å²) in [4.78, 5) is 22.5. The normalized spacial score (nSPS) is 21.7. The second-order valence-corrected chi connectivity index (χ2v) is 5.68. The van der Waals surface area contributed by atoms with E-state index in [1.54, 1.807) is 6.07 Å². The molecule has 2 unspecified atom stereocenters. The molecule has 20 heavy (non-hydrogen) atoms. The molecule has 0 aromatic heterocycles. The predicted octanol–water partition coefficient (Wildman–Crippen LogP) is 3.41. The molecule has 2 rings (SSSR count). The summed E-state index contributed by atoms with van der Waals surface area (Å²) in [5.41, 5.74) is -0.306. The smallest absolute Gasteiger partial charge is 0.300 e. The highest BCUT2D eigenvalue weighted by molar-refractivity contribution is 6.33. The van der Waals surface area contributed by atoms with Gasteiger partial charge in [0.2, 0.25) is 0 Å². The third kappa shape index (κ3) is 3.10. The minimum Gasteiger partial charge on any atom is -0.352 e. The number of benzene rings is 1. The Hall–Kier alpha value is -1.62. The van der Waals surface area contributed by atoms with E-state index in [2.05, 4.69) is 12.2 Å². The molecular weight excluding hydrogens is 280 g/mol. The summed E-state index contributed by atoms with van der Waals surface area (Å²) >= 11 is 5.80. The quantitative estimate of drug-likeness (QED) is 0.683. The molecule has 6 heteroatoms. The SMILES string of the molecule is CC1CCCC1CNC(=O)c1cccc(Cl)c1[N+](=O)[O-]. The van der Waals surface area contributed by atoms with E-state index in [1.165, 1.54) is 25.0 Å². The van der Waals surface area contributed by atoms with Gasteiger partial charge in [-0.15, -0.1) is 0 Å². The van der Waals surface area contributed by atoms with Gasteiger partial charge < -0.3 is 5.32 Å². The maximum Gasteiger partial charge on any atom is 0.300 e. The molecule has 1 aromatic rings. The first-order valence-electron chi connectivity index (χ1n) is 6.71. The van der Waals surface area contributed by atoms with Gasteiger partial charge in [0.25, 0.3) is 5.91 Å². The molecule has 1 amide bonds. The molecule has 0 radical (unpaired) electrons. The van der Waals surface area contributed by atoms with Gasteiger partial charge in [0, 0.05) is 6.54 Å². The molecule has 0 heterocycles. The number of nitrogens with zero attached hydrogens (tertiary/aromatic N) is 1. The van der Waals surface area contributed by atoms with Crippen molar-refractivity contribution >= 4 is 23.2 Å². The van der Waals surface area contributed by atoms with Crippen LogP contribution in [0.5, 0.6) is 0 Å². The van der Waals surface area contributed by atoms with E-state index in [0.717, 1.165) is 6.42 Å². The van der Waals surface area contributed by atoms with Crippen molar-refractivity contribution < 1.29 is 9.72 Å². The van der Waals surface area contributed by atoms with Crippen molar-refractivity contribution in [2.24, 2.45) is 11.8 Å². The minimum absolute atomic E-state index is 0.0168. The Morgan fingerprint density at radius 2 is 2.25 bits per heavy atom. The highest BCUT2D eigenvalue weighted by Gasteiger charge is 2.26. The van der Waals surface area contributed by atoms with Gasteiger partial charge in [-0.1, -0.05) is 37.4 Å². The first-order chi connectivity index (χ1) is 9.50. The number of carbonyl (C=O) groups is 1. The monoisotopic (exact) mass is 296 g/mol. The van der Waals surface area contributed by atoms with Crippen LogP contribution >= 0.6 is 11.6 Å². The van der Waals surface area contributed by atoms with Gasteiger partial charge in [-0.25, -0.2) is 0 Å². The number of halogens is 1. The third-order valence-corrected chi connectivity index (χ3v) is 4.28. The summed E-state index contributed by atoms with van der Waals surface area (Å²) in [6.45, 7) is 2.73. The zero-order valence-electron chi connectivity index (χ0n) is 11.3. The topological polar surface area (TPSA) is 72.2 Å².